The first-order chi connectivity index (χ1) is 16.1. The predicted octanol–water partition coefficient (Wildman–Crippen LogP) is 6.81. The van der Waals surface area contributed by atoms with Crippen LogP contribution in [0.4, 0.5) is 11.4 Å². The van der Waals surface area contributed by atoms with E-state index >= 15 is 0 Å². The van der Waals surface area contributed by atoms with Crippen molar-refractivity contribution in [2.45, 2.75) is 71.6 Å². The Labute approximate surface area is 198 Å². The summed E-state index contributed by atoms with van der Waals surface area (Å²) in [5, 5.41) is 6.15. The maximum absolute atomic E-state index is 12.4. The van der Waals surface area contributed by atoms with Gasteiger partial charge in [-0.05, 0) is 79.3 Å². The van der Waals surface area contributed by atoms with Gasteiger partial charge < -0.3 is 10.6 Å². The van der Waals surface area contributed by atoms with Gasteiger partial charge in [-0.15, -0.1) is 0 Å². The number of amides is 2. The Bertz CT molecular complexity index is 858. The number of unbranched alkanes of at least 4 members (excludes halogenated alkanes) is 2. The molecule has 33 heavy (non-hydrogen) atoms. The highest BCUT2D eigenvalue weighted by molar-refractivity contribution is 5.95. The monoisotopic (exact) mass is 446 g/mol. The van der Waals surface area contributed by atoms with E-state index in [0.29, 0.717) is 11.8 Å². The van der Waals surface area contributed by atoms with Crippen LogP contribution in [-0.4, -0.2) is 11.8 Å². The van der Waals surface area contributed by atoms with Crippen LogP contribution < -0.4 is 10.6 Å². The van der Waals surface area contributed by atoms with E-state index in [-0.39, 0.29) is 23.7 Å². The summed E-state index contributed by atoms with van der Waals surface area (Å²) in [6, 6.07) is 16.3. The first-order valence-corrected chi connectivity index (χ1v) is 12.9. The van der Waals surface area contributed by atoms with E-state index < -0.39 is 0 Å². The van der Waals surface area contributed by atoms with Crippen LogP contribution in [-0.2, 0) is 16.0 Å². The summed E-state index contributed by atoms with van der Waals surface area (Å²) in [5.41, 5.74) is 4.16. The normalized spacial score (nSPS) is 23.1. The molecule has 4 heteroatoms. The lowest BCUT2D eigenvalue weighted by molar-refractivity contribution is -0.118. The Hall–Kier alpha value is -2.62. The van der Waals surface area contributed by atoms with Crippen LogP contribution in [0.25, 0.3) is 0 Å². The minimum absolute atomic E-state index is 0.171. The van der Waals surface area contributed by atoms with E-state index in [0.717, 1.165) is 30.6 Å². The van der Waals surface area contributed by atoms with Gasteiger partial charge in [0.15, 0.2) is 0 Å². The van der Waals surface area contributed by atoms with E-state index in [1.807, 2.05) is 24.3 Å². The molecule has 2 fully saturated rings. The standard InChI is InChI=1S/C29H38N2O2/c1-3-5-7-22-18-26(22)28(32)30-24-13-9-20(10-14-24)17-21-11-15-25(16-12-21)31-29(33)27-19-23(27)8-6-4-2/h9-16,22-23,26-27H,3-8,17-19H2,1-2H3,(H,30,32)(H,31,33)/t22-,23-,26+,27+/m1/s1. The Morgan fingerprint density at radius 2 is 1.09 bits per heavy atom. The molecule has 176 valence electrons. The number of hydrogen-bond acceptors (Lipinski definition) is 2. The number of carbonyl (C=O) groups is 2. The van der Waals surface area contributed by atoms with Gasteiger partial charge in [-0.3, -0.25) is 9.59 Å². The Balaban J connectivity index is 1.22. The molecule has 2 amide bonds. The smallest absolute Gasteiger partial charge is 0.227 e. The fourth-order valence-electron chi connectivity index (χ4n) is 4.83. The molecule has 0 heterocycles. The van der Waals surface area contributed by atoms with E-state index in [4.69, 9.17) is 0 Å². The molecule has 0 unspecified atom stereocenters. The Kier molecular flexibility index (Phi) is 7.85. The fraction of sp³-hybridized carbons (Fsp3) is 0.517. The molecule has 0 aromatic heterocycles. The first-order valence-electron chi connectivity index (χ1n) is 12.9. The predicted molar refractivity (Wildman–Crippen MR) is 135 cm³/mol. The lowest BCUT2D eigenvalue weighted by atomic mass is 10.0. The van der Waals surface area contributed by atoms with Crippen molar-refractivity contribution in [3.63, 3.8) is 0 Å². The molecule has 2 saturated carbocycles. The Morgan fingerprint density at radius 1 is 0.697 bits per heavy atom. The highest BCUT2D eigenvalue weighted by Crippen LogP contribution is 2.43. The van der Waals surface area contributed by atoms with Crippen LogP contribution in [0.1, 0.15) is 76.3 Å². The minimum Gasteiger partial charge on any atom is -0.326 e. The molecule has 0 spiro atoms. The van der Waals surface area contributed by atoms with E-state index in [1.165, 1.54) is 49.7 Å². The molecule has 2 aliphatic rings. The number of carbonyl (C=O) groups excluding carboxylic acids is 2. The minimum atomic E-state index is 0.171. The van der Waals surface area contributed by atoms with Gasteiger partial charge in [0.05, 0.1) is 0 Å². The van der Waals surface area contributed by atoms with Gasteiger partial charge in [0.1, 0.15) is 0 Å². The molecule has 4 nitrogen and oxygen atoms in total. The lowest BCUT2D eigenvalue weighted by Crippen LogP contribution is -2.14. The molecule has 2 aromatic rings. The average Bonchev–Trinajstić information content (AvgIpc) is 3.74. The number of nitrogens with one attached hydrogen (secondary N) is 2. The summed E-state index contributed by atoms with van der Waals surface area (Å²) in [6.07, 6.45) is 10.1. The SMILES string of the molecule is CCCC[C@@H]1C[C@@H]1C(=O)Nc1ccc(Cc2ccc(NC(=O)[C@H]3C[C@H]3CCCC)cc2)cc1. The Morgan fingerprint density at radius 3 is 1.45 bits per heavy atom. The number of rotatable bonds is 12. The number of benzene rings is 2. The van der Waals surface area contributed by atoms with Crippen molar-refractivity contribution in [1.29, 1.82) is 0 Å². The maximum atomic E-state index is 12.4. The van der Waals surface area contributed by atoms with Crippen molar-refractivity contribution in [2.75, 3.05) is 10.6 Å². The second-order valence-electron chi connectivity index (χ2n) is 10.0. The van der Waals surface area contributed by atoms with Crippen LogP contribution >= 0.6 is 0 Å². The molecule has 2 aromatic carbocycles. The molecular formula is C29H38N2O2. The zero-order chi connectivity index (χ0) is 23.2. The summed E-state index contributed by atoms with van der Waals surface area (Å²) >= 11 is 0. The van der Waals surface area contributed by atoms with Crippen molar-refractivity contribution >= 4 is 23.2 Å². The first kappa shape index (κ1) is 23.5. The second kappa shape index (κ2) is 11.0. The zero-order valence-electron chi connectivity index (χ0n) is 20.1. The van der Waals surface area contributed by atoms with E-state index in [9.17, 15) is 9.59 Å². The van der Waals surface area contributed by atoms with E-state index in [2.05, 4.69) is 48.7 Å². The molecule has 0 radical (unpaired) electrons. The third-order valence-corrected chi connectivity index (χ3v) is 7.23. The van der Waals surface area contributed by atoms with Gasteiger partial charge in [0.2, 0.25) is 11.8 Å². The van der Waals surface area contributed by atoms with Crippen LogP contribution in [0.15, 0.2) is 48.5 Å². The van der Waals surface area contributed by atoms with Crippen molar-refractivity contribution in [3.8, 4) is 0 Å². The highest BCUT2D eigenvalue weighted by atomic mass is 16.2. The molecule has 2 N–H and O–H groups in total. The zero-order valence-corrected chi connectivity index (χ0v) is 20.1. The summed E-state index contributed by atoms with van der Waals surface area (Å²) in [6.45, 7) is 4.40. The van der Waals surface area contributed by atoms with Gasteiger partial charge in [-0.1, -0.05) is 63.8 Å². The van der Waals surface area contributed by atoms with Crippen LogP contribution in [0.2, 0.25) is 0 Å². The second-order valence-corrected chi connectivity index (χ2v) is 10.0. The van der Waals surface area contributed by atoms with Crippen molar-refractivity contribution in [2.24, 2.45) is 23.7 Å². The third-order valence-electron chi connectivity index (χ3n) is 7.23. The van der Waals surface area contributed by atoms with Gasteiger partial charge in [-0.25, -0.2) is 0 Å². The largest absolute Gasteiger partial charge is 0.326 e. The average molecular weight is 447 g/mol. The summed E-state index contributed by atoms with van der Waals surface area (Å²) in [4.78, 5) is 24.8. The summed E-state index contributed by atoms with van der Waals surface area (Å²) < 4.78 is 0. The molecular weight excluding hydrogens is 408 g/mol. The highest BCUT2D eigenvalue weighted by Gasteiger charge is 2.42. The maximum Gasteiger partial charge on any atom is 0.227 e. The molecule has 2 aliphatic carbocycles. The van der Waals surface area contributed by atoms with Crippen LogP contribution in [0, 0.1) is 23.7 Å². The third kappa shape index (κ3) is 6.69. The molecule has 0 saturated heterocycles. The topological polar surface area (TPSA) is 58.2 Å². The number of anilines is 2. The van der Waals surface area contributed by atoms with Crippen LogP contribution in [0.5, 0.6) is 0 Å². The molecule has 4 atom stereocenters. The van der Waals surface area contributed by atoms with Gasteiger partial charge in [0, 0.05) is 23.2 Å². The van der Waals surface area contributed by atoms with Crippen molar-refractivity contribution < 1.29 is 9.59 Å². The fourth-order valence-corrected chi connectivity index (χ4v) is 4.83. The summed E-state index contributed by atoms with van der Waals surface area (Å²) in [5.74, 6) is 1.93. The van der Waals surface area contributed by atoms with Gasteiger partial charge in [0.25, 0.3) is 0 Å². The number of hydrogen-bond donors (Lipinski definition) is 2. The van der Waals surface area contributed by atoms with Gasteiger partial charge in [-0.2, -0.15) is 0 Å². The van der Waals surface area contributed by atoms with Crippen molar-refractivity contribution in [1.82, 2.24) is 0 Å². The lowest BCUT2D eigenvalue weighted by Gasteiger charge is -2.08. The van der Waals surface area contributed by atoms with Crippen molar-refractivity contribution in [3.05, 3.63) is 59.7 Å². The molecule has 0 aliphatic heterocycles. The quantitative estimate of drug-likeness (QED) is 0.376. The van der Waals surface area contributed by atoms with Gasteiger partial charge >= 0.3 is 0 Å². The van der Waals surface area contributed by atoms with Crippen LogP contribution in [0.3, 0.4) is 0 Å². The molecule has 4 rings (SSSR count). The molecule has 0 bridgehead atoms. The van der Waals surface area contributed by atoms with E-state index in [1.54, 1.807) is 0 Å². The summed E-state index contributed by atoms with van der Waals surface area (Å²) in [7, 11) is 0.